The first-order chi connectivity index (χ1) is 9.00. The lowest BCUT2D eigenvalue weighted by atomic mass is 9.84. The minimum atomic E-state index is -0.767. The van der Waals surface area contributed by atoms with E-state index in [0.717, 1.165) is 19.4 Å². The predicted molar refractivity (Wildman–Crippen MR) is 72.0 cm³/mol. The Bertz CT molecular complexity index is 372. The second-order valence-electron chi connectivity index (χ2n) is 5.93. The summed E-state index contributed by atoms with van der Waals surface area (Å²) >= 11 is 0. The maximum absolute atomic E-state index is 12.5. The Kier molecular flexibility index (Phi) is 4.02. The lowest BCUT2D eigenvalue weighted by molar-refractivity contribution is -0.148. The molecule has 2 saturated heterocycles. The van der Waals surface area contributed by atoms with Gasteiger partial charge in [0, 0.05) is 25.7 Å². The number of hydrogen-bond acceptors (Lipinski definition) is 2. The number of piperidine rings is 1. The number of likely N-dealkylation sites (tertiary alicyclic amines) is 2. The van der Waals surface area contributed by atoms with Crippen molar-refractivity contribution in [2.45, 2.75) is 52.0 Å². The zero-order valence-corrected chi connectivity index (χ0v) is 11.9. The van der Waals surface area contributed by atoms with Crippen LogP contribution in [0.4, 0.5) is 4.79 Å². The van der Waals surface area contributed by atoms with E-state index in [-0.39, 0.29) is 12.1 Å². The number of hydrogen-bond donors (Lipinski definition) is 1. The van der Waals surface area contributed by atoms with Crippen LogP contribution in [-0.4, -0.2) is 52.6 Å². The summed E-state index contributed by atoms with van der Waals surface area (Å²) < 4.78 is 0. The lowest BCUT2D eigenvalue weighted by Gasteiger charge is -2.36. The third kappa shape index (κ3) is 2.55. The summed E-state index contributed by atoms with van der Waals surface area (Å²) in [5.74, 6) is -0.767. The number of carbonyl (C=O) groups excluding carboxylic acids is 1. The zero-order valence-electron chi connectivity index (χ0n) is 11.9. The van der Waals surface area contributed by atoms with Crippen molar-refractivity contribution in [1.29, 1.82) is 0 Å². The van der Waals surface area contributed by atoms with Gasteiger partial charge in [0.2, 0.25) is 0 Å². The normalized spacial score (nSPS) is 31.6. The van der Waals surface area contributed by atoms with Gasteiger partial charge in [0.25, 0.3) is 0 Å². The molecule has 0 bridgehead atoms. The Morgan fingerprint density at radius 2 is 2.05 bits per heavy atom. The second-order valence-corrected chi connectivity index (χ2v) is 5.93. The van der Waals surface area contributed by atoms with Crippen molar-refractivity contribution in [1.82, 2.24) is 9.80 Å². The Morgan fingerprint density at radius 1 is 1.32 bits per heavy atom. The van der Waals surface area contributed by atoms with Crippen LogP contribution >= 0.6 is 0 Å². The molecule has 2 aliphatic rings. The molecule has 0 spiro atoms. The van der Waals surface area contributed by atoms with Crippen LogP contribution in [0.5, 0.6) is 0 Å². The molecule has 0 aromatic rings. The molecule has 0 aromatic heterocycles. The standard InChI is InChI=1S/C14H24N2O3/c1-3-14(12(17)18)7-9-15(10-14)13(19)16-8-5-4-6-11(16)2/h11H,3-10H2,1-2H3,(H,17,18). The summed E-state index contributed by atoms with van der Waals surface area (Å²) in [6.07, 6.45) is 4.45. The van der Waals surface area contributed by atoms with Crippen LogP contribution in [0.25, 0.3) is 0 Å². The fraction of sp³-hybridized carbons (Fsp3) is 0.857. The van der Waals surface area contributed by atoms with E-state index in [9.17, 15) is 14.7 Å². The average molecular weight is 268 g/mol. The number of aliphatic carboxylic acids is 1. The lowest BCUT2D eigenvalue weighted by Crippen LogP contribution is -2.49. The van der Waals surface area contributed by atoms with Crippen molar-refractivity contribution in [3.8, 4) is 0 Å². The van der Waals surface area contributed by atoms with E-state index in [2.05, 4.69) is 6.92 Å². The summed E-state index contributed by atoms with van der Waals surface area (Å²) in [6, 6.07) is 0.312. The van der Waals surface area contributed by atoms with Gasteiger partial charge >= 0.3 is 12.0 Å². The van der Waals surface area contributed by atoms with Gasteiger partial charge in [-0.25, -0.2) is 4.79 Å². The number of carbonyl (C=O) groups is 2. The molecule has 0 radical (unpaired) electrons. The molecule has 1 N–H and O–H groups in total. The van der Waals surface area contributed by atoms with Gasteiger partial charge in [-0.2, -0.15) is 0 Å². The number of rotatable bonds is 2. The van der Waals surface area contributed by atoms with Crippen LogP contribution < -0.4 is 0 Å². The quantitative estimate of drug-likeness (QED) is 0.835. The molecule has 5 nitrogen and oxygen atoms in total. The van der Waals surface area contributed by atoms with Crippen molar-refractivity contribution >= 4 is 12.0 Å². The highest BCUT2D eigenvalue weighted by molar-refractivity contribution is 5.80. The topological polar surface area (TPSA) is 60.9 Å². The SMILES string of the molecule is CCC1(C(=O)O)CCN(C(=O)N2CCCCC2C)C1. The maximum Gasteiger partial charge on any atom is 0.320 e. The molecular weight excluding hydrogens is 244 g/mol. The monoisotopic (exact) mass is 268 g/mol. The fourth-order valence-corrected chi connectivity index (χ4v) is 3.21. The Labute approximate surface area is 114 Å². The van der Waals surface area contributed by atoms with Crippen LogP contribution in [0.1, 0.15) is 46.0 Å². The second kappa shape index (κ2) is 5.39. The van der Waals surface area contributed by atoms with Crippen molar-refractivity contribution in [2.75, 3.05) is 19.6 Å². The van der Waals surface area contributed by atoms with E-state index in [1.165, 1.54) is 6.42 Å². The third-order valence-electron chi connectivity index (χ3n) is 4.80. The fourth-order valence-electron chi connectivity index (χ4n) is 3.21. The van der Waals surface area contributed by atoms with E-state index in [1.807, 2.05) is 11.8 Å². The molecule has 5 heteroatoms. The van der Waals surface area contributed by atoms with Gasteiger partial charge in [-0.1, -0.05) is 6.92 Å². The minimum absolute atomic E-state index is 0.0313. The molecule has 108 valence electrons. The first kappa shape index (κ1) is 14.2. The van der Waals surface area contributed by atoms with E-state index in [1.54, 1.807) is 4.90 Å². The van der Waals surface area contributed by atoms with E-state index in [0.29, 0.717) is 25.9 Å². The average Bonchev–Trinajstić information content (AvgIpc) is 2.84. The summed E-state index contributed by atoms with van der Waals surface area (Å²) in [5.41, 5.74) is -0.727. The van der Waals surface area contributed by atoms with Crippen molar-refractivity contribution in [2.24, 2.45) is 5.41 Å². The molecule has 2 atom stereocenters. The number of nitrogens with zero attached hydrogens (tertiary/aromatic N) is 2. The Hall–Kier alpha value is -1.26. The summed E-state index contributed by atoms with van der Waals surface area (Å²) in [4.78, 5) is 27.6. The van der Waals surface area contributed by atoms with Crippen molar-refractivity contribution < 1.29 is 14.7 Å². The van der Waals surface area contributed by atoms with E-state index < -0.39 is 11.4 Å². The highest BCUT2D eigenvalue weighted by Gasteiger charge is 2.45. The summed E-state index contributed by atoms with van der Waals surface area (Å²) in [6.45, 7) is 5.72. The summed E-state index contributed by atoms with van der Waals surface area (Å²) in [7, 11) is 0. The molecule has 19 heavy (non-hydrogen) atoms. The molecule has 2 amide bonds. The highest BCUT2D eigenvalue weighted by atomic mass is 16.4. The Balaban J connectivity index is 2.04. The minimum Gasteiger partial charge on any atom is -0.481 e. The van der Waals surface area contributed by atoms with Gasteiger partial charge in [0.1, 0.15) is 0 Å². The largest absolute Gasteiger partial charge is 0.481 e. The molecule has 2 unspecified atom stereocenters. The van der Waals surface area contributed by atoms with Gasteiger partial charge in [0.05, 0.1) is 5.41 Å². The highest BCUT2D eigenvalue weighted by Crippen LogP contribution is 2.35. The van der Waals surface area contributed by atoms with Crippen LogP contribution in [0.2, 0.25) is 0 Å². The molecule has 2 rings (SSSR count). The predicted octanol–water partition coefficient (Wildman–Crippen LogP) is 2.17. The number of carboxylic acid groups (broad SMARTS) is 1. The smallest absolute Gasteiger partial charge is 0.320 e. The third-order valence-corrected chi connectivity index (χ3v) is 4.80. The van der Waals surface area contributed by atoms with Crippen LogP contribution in [0.15, 0.2) is 0 Å². The van der Waals surface area contributed by atoms with E-state index >= 15 is 0 Å². The zero-order chi connectivity index (χ0) is 14.0. The first-order valence-corrected chi connectivity index (χ1v) is 7.29. The number of carboxylic acids is 1. The van der Waals surface area contributed by atoms with Gasteiger partial charge in [-0.05, 0) is 39.0 Å². The Morgan fingerprint density at radius 3 is 2.58 bits per heavy atom. The number of urea groups is 1. The molecular formula is C14H24N2O3. The molecule has 0 aliphatic carbocycles. The van der Waals surface area contributed by atoms with Gasteiger partial charge in [-0.15, -0.1) is 0 Å². The molecule has 2 aliphatic heterocycles. The van der Waals surface area contributed by atoms with Gasteiger partial charge in [-0.3, -0.25) is 4.79 Å². The van der Waals surface area contributed by atoms with E-state index in [4.69, 9.17) is 0 Å². The van der Waals surface area contributed by atoms with Crippen molar-refractivity contribution in [3.05, 3.63) is 0 Å². The van der Waals surface area contributed by atoms with Gasteiger partial charge < -0.3 is 14.9 Å². The summed E-state index contributed by atoms with van der Waals surface area (Å²) in [5, 5.41) is 9.37. The molecule has 0 saturated carbocycles. The molecule has 0 aromatic carbocycles. The van der Waals surface area contributed by atoms with Gasteiger partial charge in [0.15, 0.2) is 0 Å². The van der Waals surface area contributed by atoms with Crippen LogP contribution in [-0.2, 0) is 4.79 Å². The van der Waals surface area contributed by atoms with Crippen LogP contribution in [0.3, 0.4) is 0 Å². The number of amides is 2. The molecule has 2 fully saturated rings. The molecule has 2 heterocycles. The first-order valence-electron chi connectivity index (χ1n) is 7.29. The van der Waals surface area contributed by atoms with Crippen molar-refractivity contribution in [3.63, 3.8) is 0 Å². The van der Waals surface area contributed by atoms with Crippen LogP contribution in [0, 0.1) is 5.41 Å². The maximum atomic E-state index is 12.5.